The second kappa shape index (κ2) is 8.80. The summed E-state index contributed by atoms with van der Waals surface area (Å²) in [5.74, 6) is 2.10. The number of benzene rings is 1. The number of furan rings is 1. The lowest BCUT2D eigenvalue weighted by molar-refractivity contribution is 0.102. The molecule has 5 rings (SSSR count). The van der Waals surface area contributed by atoms with Crippen LogP contribution in [0.5, 0.6) is 0 Å². The minimum atomic E-state index is -0.237. The van der Waals surface area contributed by atoms with E-state index in [1.54, 1.807) is 13.2 Å². The maximum absolute atomic E-state index is 12.7. The Balaban J connectivity index is 1.47. The molecule has 10 heteroatoms. The molecule has 0 amide bonds. The average molecular weight is 478 g/mol. The number of ketones is 1. The van der Waals surface area contributed by atoms with Crippen LogP contribution in [0.2, 0.25) is 0 Å². The molecular weight excluding hydrogens is 458 g/mol. The molecule has 0 saturated heterocycles. The maximum Gasteiger partial charge on any atom is 0.259 e. The Bertz CT molecular complexity index is 1500. The Morgan fingerprint density at radius 1 is 1.18 bits per heavy atom. The molecule has 4 aromatic heterocycles. The van der Waals surface area contributed by atoms with Crippen molar-refractivity contribution in [2.75, 3.05) is 0 Å². The first-order valence-corrected chi connectivity index (χ1v) is 12.0. The van der Waals surface area contributed by atoms with Gasteiger partial charge in [-0.3, -0.25) is 14.2 Å². The number of thioether (sulfide) groups is 1. The molecule has 0 unspecified atom stereocenters. The van der Waals surface area contributed by atoms with E-state index in [9.17, 15) is 9.59 Å². The van der Waals surface area contributed by atoms with Gasteiger partial charge >= 0.3 is 0 Å². The van der Waals surface area contributed by atoms with Gasteiger partial charge < -0.3 is 9.40 Å². The Labute approximate surface area is 196 Å². The van der Waals surface area contributed by atoms with Crippen LogP contribution in [0.1, 0.15) is 33.5 Å². The molecule has 0 atom stereocenters. The number of aromatic amines is 1. The topological polar surface area (TPSA) is 107 Å². The van der Waals surface area contributed by atoms with Crippen LogP contribution in [0, 0.1) is 6.92 Å². The minimum absolute atomic E-state index is 0.0645. The van der Waals surface area contributed by atoms with Gasteiger partial charge in [0.1, 0.15) is 10.7 Å². The Kier molecular flexibility index (Phi) is 5.69. The summed E-state index contributed by atoms with van der Waals surface area (Å²) in [5.41, 5.74) is 1.55. The number of nitrogens with zero attached hydrogens (tertiary/aromatic N) is 4. The Morgan fingerprint density at radius 3 is 2.73 bits per heavy atom. The van der Waals surface area contributed by atoms with Crippen molar-refractivity contribution >= 4 is 39.1 Å². The van der Waals surface area contributed by atoms with Crippen molar-refractivity contribution in [3.63, 3.8) is 0 Å². The van der Waals surface area contributed by atoms with Gasteiger partial charge in [0.15, 0.2) is 16.7 Å². The summed E-state index contributed by atoms with van der Waals surface area (Å²) in [4.78, 5) is 33.1. The zero-order valence-electron chi connectivity index (χ0n) is 17.9. The molecule has 0 bridgehead atoms. The van der Waals surface area contributed by atoms with Crippen molar-refractivity contribution < 1.29 is 9.21 Å². The van der Waals surface area contributed by atoms with Crippen LogP contribution in [0.25, 0.3) is 21.8 Å². The number of nitrogens with one attached hydrogen (secondary N) is 1. The number of rotatable bonds is 7. The van der Waals surface area contributed by atoms with Gasteiger partial charge in [0.05, 0.1) is 28.8 Å². The molecule has 0 radical (unpaired) electrons. The summed E-state index contributed by atoms with van der Waals surface area (Å²) in [6.45, 7) is 3.85. The minimum Gasteiger partial charge on any atom is -0.461 e. The highest BCUT2D eigenvalue weighted by atomic mass is 32.2. The zero-order valence-corrected chi connectivity index (χ0v) is 19.5. The molecule has 0 saturated carbocycles. The molecule has 4 heterocycles. The van der Waals surface area contributed by atoms with Crippen LogP contribution in [0.4, 0.5) is 0 Å². The summed E-state index contributed by atoms with van der Waals surface area (Å²) in [7, 11) is 0. The van der Waals surface area contributed by atoms with Crippen molar-refractivity contribution in [2.45, 2.75) is 31.3 Å². The fourth-order valence-electron chi connectivity index (χ4n) is 3.62. The SMILES string of the molecule is CC(=O)c1sc2nc(CSc3nnc(-c4ccco4)n3Cc3ccccc3)[nH]c(=O)c2c1C. The number of thiophene rings is 1. The lowest BCUT2D eigenvalue weighted by Crippen LogP contribution is -2.11. The normalized spacial score (nSPS) is 11.3. The number of aryl methyl sites for hydroxylation is 1. The number of hydrogen-bond donors (Lipinski definition) is 1. The van der Waals surface area contributed by atoms with E-state index in [4.69, 9.17) is 4.42 Å². The molecule has 8 nitrogen and oxygen atoms in total. The van der Waals surface area contributed by atoms with Crippen molar-refractivity contribution in [3.8, 4) is 11.6 Å². The van der Waals surface area contributed by atoms with Gasteiger partial charge in [-0.2, -0.15) is 0 Å². The third-order valence-corrected chi connectivity index (χ3v) is 7.41. The van der Waals surface area contributed by atoms with E-state index in [2.05, 4.69) is 20.2 Å². The largest absolute Gasteiger partial charge is 0.461 e. The summed E-state index contributed by atoms with van der Waals surface area (Å²) >= 11 is 2.68. The number of aromatic nitrogens is 5. The number of Topliss-reactive ketones (excluding diaryl/α,β-unsaturated/α-hetero) is 1. The molecule has 0 fully saturated rings. The molecular formula is C23H19N5O3S2. The summed E-state index contributed by atoms with van der Waals surface area (Å²) < 4.78 is 7.54. The highest BCUT2D eigenvalue weighted by molar-refractivity contribution is 7.98. The second-order valence-corrected chi connectivity index (χ2v) is 9.39. The van der Waals surface area contributed by atoms with Gasteiger partial charge in [-0.05, 0) is 37.1 Å². The number of hydrogen-bond acceptors (Lipinski definition) is 8. The Hall–Kier alpha value is -3.50. The van der Waals surface area contributed by atoms with E-state index >= 15 is 0 Å². The fourth-order valence-corrected chi connectivity index (χ4v) is 5.52. The smallest absolute Gasteiger partial charge is 0.259 e. The monoisotopic (exact) mass is 477 g/mol. The van der Waals surface area contributed by atoms with Gasteiger partial charge in [-0.1, -0.05) is 42.1 Å². The quantitative estimate of drug-likeness (QED) is 0.268. The van der Waals surface area contributed by atoms with Crippen LogP contribution in [0.15, 0.2) is 63.1 Å². The van der Waals surface area contributed by atoms with Crippen molar-refractivity contribution in [1.82, 2.24) is 24.7 Å². The highest BCUT2D eigenvalue weighted by Crippen LogP contribution is 2.29. The predicted octanol–water partition coefficient (Wildman–Crippen LogP) is 4.69. The predicted molar refractivity (Wildman–Crippen MR) is 128 cm³/mol. The van der Waals surface area contributed by atoms with Crippen LogP contribution >= 0.6 is 23.1 Å². The molecule has 5 aromatic rings. The molecule has 1 aromatic carbocycles. The van der Waals surface area contributed by atoms with Crippen LogP contribution in [-0.4, -0.2) is 30.5 Å². The second-order valence-electron chi connectivity index (χ2n) is 7.45. The van der Waals surface area contributed by atoms with E-state index in [-0.39, 0.29) is 11.3 Å². The van der Waals surface area contributed by atoms with Crippen LogP contribution in [-0.2, 0) is 12.3 Å². The third-order valence-electron chi connectivity index (χ3n) is 5.15. The summed E-state index contributed by atoms with van der Waals surface area (Å²) in [6.07, 6.45) is 1.60. The molecule has 0 spiro atoms. The molecule has 0 aliphatic heterocycles. The van der Waals surface area contributed by atoms with Crippen molar-refractivity contribution in [2.24, 2.45) is 0 Å². The lowest BCUT2D eigenvalue weighted by atomic mass is 10.2. The lowest BCUT2D eigenvalue weighted by Gasteiger charge is -2.09. The van der Waals surface area contributed by atoms with Crippen molar-refractivity contribution in [1.29, 1.82) is 0 Å². The van der Waals surface area contributed by atoms with E-state index < -0.39 is 0 Å². The number of carbonyl (C=O) groups excluding carboxylic acids is 1. The third kappa shape index (κ3) is 4.14. The van der Waals surface area contributed by atoms with E-state index in [1.165, 1.54) is 30.0 Å². The average Bonchev–Trinajstić information content (AvgIpc) is 3.52. The van der Waals surface area contributed by atoms with Gasteiger partial charge in [-0.15, -0.1) is 21.5 Å². The number of fused-ring (bicyclic) bond motifs is 1. The van der Waals surface area contributed by atoms with Crippen molar-refractivity contribution in [3.05, 3.63) is 80.9 Å². The van der Waals surface area contributed by atoms with Gasteiger partial charge in [-0.25, -0.2) is 4.98 Å². The van der Waals surface area contributed by atoms with Gasteiger partial charge in [0, 0.05) is 0 Å². The standard InChI is InChI=1S/C23H19N5O3S2/c1-13-18-21(30)24-17(25-22(18)33-19(13)14(2)29)12-32-23-27-26-20(16-9-6-10-31-16)28(23)11-15-7-4-3-5-8-15/h3-10H,11-12H2,1-2H3,(H,24,25,30). The molecule has 166 valence electrons. The molecule has 0 aliphatic carbocycles. The maximum atomic E-state index is 12.7. The number of H-pyrrole nitrogens is 1. The number of carbonyl (C=O) groups is 1. The highest BCUT2D eigenvalue weighted by Gasteiger charge is 2.19. The van der Waals surface area contributed by atoms with E-state index in [1.807, 2.05) is 47.0 Å². The van der Waals surface area contributed by atoms with E-state index in [0.717, 1.165) is 5.56 Å². The fraction of sp³-hybridized carbons (Fsp3) is 0.174. The van der Waals surface area contributed by atoms with Crippen LogP contribution < -0.4 is 5.56 Å². The Morgan fingerprint density at radius 2 is 2.00 bits per heavy atom. The first-order chi connectivity index (χ1) is 16.0. The molecule has 0 aliphatic rings. The zero-order chi connectivity index (χ0) is 22.9. The summed E-state index contributed by atoms with van der Waals surface area (Å²) in [5, 5.41) is 9.86. The van der Waals surface area contributed by atoms with Gasteiger partial charge in [0.2, 0.25) is 5.82 Å². The first-order valence-electron chi connectivity index (χ1n) is 10.2. The van der Waals surface area contributed by atoms with E-state index in [0.29, 0.717) is 55.5 Å². The van der Waals surface area contributed by atoms with Crippen LogP contribution in [0.3, 0.4) is 0 Å². The molecule has 33 heavy (non-hydrogen) atoms. The summed E-state index contributed by atoms with van der Waals surface area (Å²) in [6, 6.07) is 13.7. The van der Waals surface area contributed by atoms with Gasteiger partial charge in [0.25, 0.3) is 5.56 Å². The molecule has 1 N–H and O–H groups in total. The first kappa shape index (κ1) is 21.4.